The van der Waals surface area contributed by atoms with Gasteiger partial charge in [0.05, 0.1) is 11.5 Å². The summed E-state index contributed by atoms with van der Waals surface area (Å²) in [6.45, 7) is 1.46. The molecule has 1 aliphatic heterocycles. The molecule has 1 aliphatic rings. The fourth-order valence-electron chi connectivity index (χ4n) is 3.21. The van der Waals surface area contributed by atoms with E-state index in [9.17, 15) is 23.5 Å². The number of nitrogens with one attached hydrogen (secondary N) is 2. The van der Waals surface area contributed by atoms with Crippen molar-refractivity contribution >= 4 is 11.9 Å². The first-order valence-electron chi connectivity index (χ1n) is 8.59. The van der Waals surface area contributed by atoms with Crippen LogP contribution < -0.4 is 10.6 Å². The average molecular weight is 379 g/mol. The van der Waals surface area contributed by atoms with E-state index >= 15 is 0 Å². The Kier molecular flexibility index (Phi) is 5.80. The van der Waals surface area contributed by atoms with Crippen molar-refractivity contribution in [1.29, 1.82) is 0 Å². The number of carbonyl (C=O) groups is 2. The second-order valence-electron chi connectivity index (χ2n) is 6.44. The van der Waals surface area contributed by atoms with E-state index in [1.165, 1.54) is 12.1 Å². The maximum absolute atomic E-state index is 13.8. The first-order chi connectivity index (χ1) is 13.0. The number of amides is 1. The van der Waals surface area contributed by atoms with E-state index < -0.39 is 29.4 Å². The summed E-state index contributed by atoms with van der Waals surface area (Å²) in [4.78, 5) is 23.4. The van der Waals surface area contributed by atoms with Crippen molar-refractivity contribution in [2.45, 2.75) is 12.8 Å². The molecule has 0 bridgehead atoms. The molecule has 3 N–H and O–H groups in total. The fourth-order valence-corrected chi connectivity index (χ4v) is 3.21. The van der Waals surface area contributed by atoms with Crippen molar-refractivity contribution in [2.24, 2.45) is 11.8 Å². The predicted molar refractivity (Wildman–Crippen MR) is 90.9 cm³/mol. The van der Waals surface area contributed by atoms with E-state index in [1.807, 2.05) is 0 Å². The number of piperidine rings is 1. The maximum atomic E-state index is 13.8. The van der Waals surface area contributed by atoms with Gasteiger partial charge in [-0.3, -0.25) is 9.59 Å². The minimum atomic E-state index is -0.846. The van der Waals surface area contributed by atoms with E-state index in [1.54, 1.807) is 0 Å². The van der Waals surface area contributed by atoms with Crippen LogP contribution in [0.5, 0.6) is 0 Å². The lowest BCUT2D eigenvalue weighted by Crippen LogP contribution is -2.42. The Labute approximate surface area is 153 Å². The van der Waals surface area contributed by atoms with Crippen LogP contribution in [0.15, 0.2) is 28.8 Å². The lowest BCUT2D eigenvalue weighted by atomic mass is 9.84. The molecule has 0 unspecified atom stereocenters. The van der Waals surface area contributed by atoms with Gasteiger partial charge < -0.3 is 20.3 Å². The van der Waals surface area contributed by atoms with Crippen molar-refractivity contribution < 1.29 is 28.0 Å². The molecule has 144 valence electrons. The molecule has 0 radical (unpaired) electrons. The molecule has 0 saturated carbocycles. The van der Waals surface area contributed by atoms with Gasteiger partial charge in [0.25, 0.3) is 5.91 Å². The van der Waals surface area contributed by atoms with Crippen LogP contribution in [0, 0.1) is 23.5 Å². The van der Waals surface area contributed by atoms with Crippen LogP contribution in [0.2, 0.25) is 0 Å². The molecule has 1 saturated heterocycles. The number of carboxylic acid groups (broad SMARTS) is 1. The van der Waals surface area contributed by atoms with Gasteiger partial charge in [-0.1, -0.05) is 5.16 Å². The number of halogens is 2. The zero-order valence-corrected chi connectivity index (χ0v) is 14.4. The van der Waals surface area contributed by atoms with Crippen LogP contribution in [0.1, 0.15) is 23.3 Å². The van der Waals surface area contributed by atoms with E-state index in [-0.39, 0.29) is 22.9 Å². The molecule has 1 fully saturated rings. The highest BCUT2D eigenvalue weighted by Crippen LogP contribution is 2.25. The summed E-state index contributed by atoms with van der Waals surface area (Å²) in [5.74, 6) is -3.37. The molecule has 1 aromatic carbocycles. The van der Waals surface area contributed by atoms with Crippen LogP contribution in [-0.4, -0.2) is 41.8 Å². The third-order valence-electron chi connectivity index (χ3n) is 4.68. The molecule has 0 spiro atoms. The van der Waals surface area contributed by atoms with Gasteiger partial charge >= 0.3 is 5.97 Å². The van der Waals surface area contributed by atoms with Crippen molar-refractivity contribution in [3.8, 4) is 11.3 Å². The number of nitrogens with zero attached hydrogens (tertiary/aromatic N) is 1. The molecule has 2 aromatic rings. The minimum Gasteiger partial charge on any atom is -0.481 e. The highest BCUT2D eigenvalue weighted by molar-refractivity contribution is 5.93. The third kappa shape index (κ3) is 4.48. The first-order valence-corrected chi connectivity index (χ1v) is 8.59. The lowest BCUT2D eigenvalue weighted by molar-refractivity contribution is -0.144. The largest absolute Gasteiger partial charge is 0.481 e. The Bertz CT molecular complexity index is 840. The van der Waals surface area contributed by atoms with Crippen LogP contribution in [-0.2, 0) is 4.79 Å². The van der Waals surface area contributed by atoms with Crippen LogP contribution in [0.3, 0.4) is 0 Å². The summed E-state index contributed by atoms with van der Waals surface area (Å²) in [6.07, 6.45) is 1.26. The maximum Gasteiger partial charge on any atom is 0.308 e. The van der Waals surface area contributed by atoms with Crippen molar-refractivity contribution in [3.63, 3.8) is 0 Å². The molecule has 2 heterocycles. The lowest BCUT2D eigenvalue weighted by Gasteiger charge is -2.29. The van der Waals surface area contributed by atoms with Crippen LogP contribution in [0.4, 0.5) is 8.78 Å². The van der Waals surface area contributed by atoms with Crippen molar-refractivity contribution in [3.05, 3.63) is 41.6 Å². The van der Waals surface area contributed by atoms with E-state index in [4.69, 9.17) is 4.52 Å². The quantitative estimate of drug-likeness (QED) is 0.710. The number of benzene rings is 1. The number of rotatable bonds is 6. The van der Waals surface area contributed by atoms with Gasteiger partial charge in [0, 0.05) is 25.2 Å². The average Bonchev–Trinajstić information content (AvgIpc) is 3.12. The number of aromatic nitrogens is 1. The van der Waals surface area contributed by atoms with Gasteiger partial charge in [-0.15, -0.1) is 0 Å². The number of carboxylic acids is 1. The van der Waals surface area contributed by atoms with Crippen LogP contribution >= 0.6 is 0 Å². The van der Waals surface area contributed by atoms with Crippen molar-refractivity contribution in [2.75, 3.05) is 19.6 Å². The van der Waals surface area contributed by atoms with Gasteiger partial charge in [0.2, 0.25) is 0 Å². The second kappa shape index (κ2) is 8.26. The monoisotopic (exact) mass is 379 g/mol. The van der Waals surface area contributed by atoms with E-state index in [2.05, 4.69) is 15.8 Å². The Morgan fingerprint density at radius 1 is 1.33 bits per heavy atom. The Hall–Kier alpha value is -2.81. The summed E-state index contributed by atoms with van der Waals surface area (Å²) in [5, 5.41) is 18.6. The van der Waals surface area contributed by atoms with Gasteiger partial charge in [-0.25, -0.2) is 8.78 Å². The fraction of sp³-hybridized carbons (Fsp3) is 0.389. The van der Waals surface area contributed by atoms with Gasteiger partial charge in [0.15, 0.2) is 11.5 Å². The Morgan fingerprint density at radius 3 is 2.89 bits per heavy atom. The van der Waals surface area contributed by atoms with Gasteiger partial charge in [-0.05, 0) is 37.4 Å². The Morgan fingerprint density at radius 2 is 2.15 bits per heavy atom. The molecule has 1 amide bonds. The number of hydrogen-bond acceptors (Lipinski definition) is 5. The van der Waals surface area contributed by atoms with Crippen LogP contribution in [0.25, 0.3) is 11.3 Å². The third-order valence-corrected chi connectivity index (χ3v) is 4.68. The minimum absolute atomic E-state index is 0.00181. The Balaban J connectivity index is 1.57. The van der Waals surface area contributed by atoms with E-state index in [0.29, 0.717) is 19.5 Å². The zero-order chi connectivity index (χ0) is 19.4. The number of hydrogen-bond donors (Lipinski definition) is 3. The second-order valence-corrected chi connectivity index (χ2v) is 6.44. The topological polar surface area (TPSA) is 104 Å². The highest BCUT2D eigenvalue weighted by Gasteiger charge is 2.30. The van der Waals surface area contributed by atoms with Gasteiger partial charge in [0.1, 0.15) is 11.6 Å². The summed E-state index contributed by atoms with van der Waals surface area (Å²) >= 11 is 0. The summed E-state index contributed by atoms with van der Waals surface area (Å²) in [7, 11) is 0. The predicted octanol–water partition coefficient (Wildman–Crippen LogP) is 2.05. The first kappa shape index (κ1) is 19.0. The van der Waals surface area contributed by atoms with Gasteiger partial charge in [-0.2, -0.15) is 0 Å². The number of aliphatic carboxylic acids is 1. The molecular formula is C18H19F2N3O4. The molecule has 7 nitrogen and oxygen atoms in total. The molecular weight excluding hydrogens is 360 g/mol. The molecule has 9 heteroatoms. The standard InChI is InChI=1S/C18H19F2N3O4/c19-11-1-2-12(14(20)7-11)16-8-15(23-27-16)17(24)22-6-4-10-3-5-21-9-13(10)18(25)26/h1-2,7-8,10,13,21H,3-6,9H2,(H,22,24)(H,25,26)/t10-,13+/m0/s1. The number of carbonyl (C=O) groups excluding carboxylic acids is 1. The molecule has 1 aromatic heterocycles. The molecule has 3 rings (SSSR count). The van der Waals surface area contributed by atoms with Crippen molar-refractivity contribution in [1.82, 2.24) is 15.8 Å². The molecule has 2 atom stereocenters. The normalized spacial score (nSPS) is 19.6. The molecule has 27 heavy (non-hydrogen) atoms. The molecule has 0 aliphatic carbocycles. The smallest absolute Gasteiger partial charge is 0.308 e. The summed E-state index contributed by atoms with van der Waals surface area (Å²) in [6, 6.07) is 4.28. The highest BCUT2D eigenvalue weighted by atomic mass is 19.1. The summed E-state index contributed by atoms with van der Waals surface area (Å²) in [5.41, 5.74) is -0.0317. The SMILES string of the molecule is O=C(NCC[C@@H]1CCNC[C@H]1C(=O)O)c1cc(-c2ccc(F)cc2F)on1. The zero-order valence-electron chi connectivity index (χ0n) is 14.4. The van der Waals surface area contributed by atoms with E-state index in [0.717, 1.165) is 25.1 Å². The summed E-state index contributed by atoms with van der Waals surface area (Å²) < 4.78 is 31.7.